The Bertz CT molecular complexity index is 1240. The van der Waals surface area contributed by atoms with Gasteiger partial charge in [-0.2, -0.15) is 0 Å². The molecule has 0 saturated heterocycles. The van der Waals surface area contributed by atoms with Gasteiger partial charge in [0.25, 0.3) is 11.5 Å². The van der Waals surface area contributed by atoms with Crippen molar-refractivity contribution in [1.29, 1.82) is 0 Å². The number of amides is 1. The Labute approximate surface area is 215 Å². The van der Waals surface area contributed by atoms with Crippen molar-refractivity contribution < 1.29 is 4.79 Å². The average molecular weight is 547 g/mol. The molecule has 0 aliphatic heterocycles. The molecule has 0 spiro atoms. The number of hydrogen-bond acceptors (Lipinski definition) is 3. The SMILES string of the molecule is Cc1c(NC(=S)N[C@@H](NC(=O)c2ccccc2Cl)C(Cl)(Cl)Cl)c(=O)n(-c2ccccc2)n1C. The number of halogens is 4. The van der Waals surface area contributed by atoms with Crippen molar-refractivity contribution in [3.8, 4) is 5.69 Å². The average Bonchev–Trinajstić information content (AvgIpc) is 2.96. The van der Waals surface area contributed by atoms with Crippen molar-refractivity contribution in [3.05, 3.63) is 81.2 Å². The standard InChI is InChI=1S/C21H19Cl4N5O2S/c1-12-16(18(32)30(29(12)2)13-8-4-3-5-9-13)26-20(33)28-19(21(23,24)25)27-17(31)14-10-6-7-11-15(14)22/h3-11,19H,1-2H3,(H,27,31)(H2,26,28,33)/t19-/m1/s1. The maximum atomic E-state index is 13.1. The Kier molecular flexibility index (Phi) is 7.97. The fourth-order valence-corrected chi connectivity index (χ4v) is 3.82. The summed E-state index contributed by atoms with van der Waals surface area (Å²) in [6.45, 7) is 1.76. The number of anilines is 1. The lowest BCUT2D eigenvalue weighted by molar-refractivity contribution is 0.0934. The van der Waals surface area contributed by atoms with Gasteiger partial charge < -0.3 is 16.0 Å². The number of hydrogen-bond donors (Lipinski definition) is 3. The molecule has 1 heterocycles. The van der Waals surface area contributed by atoms with E-state index in [-0.39, 0.29) is 26.9 Å². The molecule has 33 heavy (non-hydrogen) atoms. The van der Waals surface area contributed by atoms with E-state index in [1.54, 1.807) is 36.9 Å². The van der Waals surface area contributed by atoms with Gasteiger partial charge in [-0.1, -0.05) is 76.7 Å². The predicted molar refractivity (Wildman–Crippen MR) is 138 cm³/mol. The smallest absolute Gasteiger partial charge is 0.295 e. The monoisotopic (exact) mass is 545 g/mol. The summed E-state index contributed by atoms with van der Waals surface area (Å²) in [5, 5.41) is 8.35. The Morgan fingerprint density at radius 1 is 1.03 bits per heavy atom. The molecule has 1 atom stereocenters. The molecule has 1 amide bonds. The first-order valence-corrected chi connectivity index (χ1v) is 11.5. The maximum absolute atomic E-state index is 13.1. The van der Waals surface area contributed by atoms with Gasteiger partial charge in [-0.05, 0) is 43.4 Å². The van der Waals surface area contributed by atoms with E-state index in [1.807, 2.05) is 30.3 Å². The first kappa shape index (κ1) is 25.4. The molecule has 3 rings (SSSR count). The van der Waals surface area contributed by atoms with Gasteiger partial charge in [0.2, 0.25) is 3.79 Å². The topological polar surface area (TPSA) is 80.1 Å². The van der Waals surface area contributed by atoms with Gasteiger partial charge in [-0.25, -0.2) is 4.68 Å². The number of aromatic nitrogens is 2. The van der Waals surface area contributed by atoms with Crippen LogP contribution in [0, 0.1) is 6.92 Å². The van der Waals surface area contributed by atoms with Gasteiger partial charge in [-0.15, -0.1) is 0 Å². The van der Waals surface area contributed by atoms with Crippen LogP contribution in [-0.4, -0.2) is 30.3 Å². The highest BCUT2D eigenvalue weighted by Gasteiger charge is 2.35. The van der Waals surface area contributed by atoms with Crippen LogP contribution >= 0.6 is 58.6 Å². The Hall–Kier alpha value is -2.23. The lowest BCUT2D eigenvalue weighted by atomic mass is 10.2. The largest absolute Gasteiger partial charge is 0.339 e. The highest BCUT2D eigenvalue weighted by Crippen LogP contribution is 2.29. The minimum atomic E-state index is -1.97. The van der Waals surface area contributed by atoms with Gasteiger partial charge in [0.15, 0.2) is 5.11 Å². The van der Waals surface area contributed by atoms with Crippen molar-refractivity contribution >= 4 is 75.3 Å². The molecule has 2 aromatic carbocycles. The number of thiocarbonyl (C=S) groups is 1. The summed E-state index contributed by atoms with van der Waals surface area (Å²) in [4.78, 5) is 25.7. The molecule has 0 bridgehead atoms. The summed E-state index contributed by atoms with van der Waals surface area (Å²) in [7, 11) is 1.75. The Morgan fingerprint density at radius 2 is 1.64 bits per heavy atom. The molecule has 3 aromatic rings. The minimum Gasteiger partial charge on any atom is -0.339 e. The molecule has 12 heteroatoms. The van der Waals surface area contributed by atoms with E-state index in [1.165, 1.54) is 10.7 Å². The second kappa shape index (κ2) is 10.4. The van der Waals surface area contributed by atoms with Crippen LogP contribution in [0.5, 0.6) is 0 Å². The van der Waals surface area contributed by atoms with E-state index < -0.39 is 15.9 Å². The van der Waals surface area contributed by atoms with Crippen LogP contribution < -0.4 is 21.5 Å². The third-order valence-electron chi connectivity index (χ3n) is 4.79. The van der Waals surface area contributed by atoms with Crippen molar-refractivity contribution in [2.45, 2.75) is 16.9 Å². The molecule has 7 nitrogen and oxygen atoms in total. The number of carbonyl (C=O) groups excluding carboxylic acids is 1. The summed E-state index contributed by atoms with van der Waals surface area (Å²) in [6, 6.07) is 15.6. The normalized spacial score (nSPS) is 12.2. The van der Waals surface area contributed by atoms with Crippen molar-refractivity contribution in [1.82, 2.24) is 20.0 Å². The fraction of sp³-hybridized carbons (Fsp3) is 0.190. The fourth-order valence-electron chi connectivity index (χ4n) is 3.05. The zero-order valence-corrected chi connectivity index (χ0v) is 21.2. The second-order valence-corrected chi connectivity index (χ2v) is 10.1. The molecule has 1 aromatic heterocycles. The van der Waals surface area contributed by atoms with Crippen LogP contribution in [0.3, 0.4) is 0 Å². The summed E-state index contributed by atoms with van der Waals surface area (Å²) in [5.41, 5.74) is 1.42. The van der Waals surface area contributed by atoms with Crippen LogP contribution in [0.25, 0.3) is 5.69 Å². The third kappa shape index (κ3) is 5.83. The van der Waals surface area contributed by atoms with Gasteiger partial charge in [0, 0.05) is 7.05 Å². The van der Waals surface area contributed by atoms with E-state index in [0.717, 1.165) is 0 Å². The molecule has 0 fully saturated rings. The number of para-hydroxylation sites is 1. The lowest BCUT2D eigenvalue weighted by Crippen LogP contribution is -2.56. The summed E-state index contributed by atoms with van der Waals surface area (Å²) < 4.78 is 1.21. The zero-order valence-electron chi connectivity index (χ0n) is 17.4. The zero-order chi connectivity index (χ0) is 24.3. The highest BCUT2D eigenvalue weighted by molar-refractivity contribution is 7.80. The molecule has 174 valence electrons. The number of rotatable bonds is 5. The van der Waals surface area contributed by atoms with E-state index >= 15 is 0 Å². The van der Waals surface area contributed by atoms with E-state index in [2.05, 4.69) is 16.0 Å². The van der Waals surface area contributed by atoms with Gasteiger partial charge >= 0.3 is 0 Å². The molecule has 0 saturated carbocycles. The van der Waals surface area contributed by atoms with Gasteiger partial charge in [0.05, 0.1) is 22.0 Å². The Balaban J connectivity index is 1.81. The summed E-state index contributed by atoms with van der Waals surface area (Å²) >= 11 is 29.6. The van der Waals surface area contributed by atoms with Crippen LogP contribution in [0.15, 0.2) is 59.4 Å². The van der Waals surface area contributed by atoms with E-state index in [0.29, 0.717) is 11.4 Å². The quantitative estimate of drug-likeness (QED) is 0.248. The summed E-state index contributed by atoms with van der Waals surface area (Å²) in [6.07, 6.45) is -1.23. The third-order valence-corrected chi connectivity index (χ3v) is 5.99. The number of nitrogens with one attached hydrogen (secondary N) is 3. The van der Waals surface area contributed by atoms with Gasteiger partial charge in [0.1, 0.15) is 11.9 Å². The van der Waals surface area contributed by atoms with E-state index in [9.17, 15) is 9.59 Å². The molecular formula is C21H19Cl4N5O2S. The molecule has 0 aliphatic rings. The Morgan fingerprint density at radius 3 is 2.24 bits per heavy atom. The highest BCUT2D eigenvalue weighted by atomic mass is 35.6. The number of carbonyl (C=O) groups is 1. The summed E-state index contributed by atoms with van der Waals surface area (Å²) in [5.74, 6) is -0.574. The molecule has 0 radical (unpaired) electrons. The maximum Gasteiger partial charge on any atom is 0.295 e. The first-order valence-electron chi connectivity index (χ1n) is 9.54. The molecule has 0 unspecified atom stereocenters. The second-order valence-electron chi connectivity index (χ2n) is 6.96. The number of nitrogens with zero attached hydrogens (tertiary/aromatic N) is 2. The van der Waals surface area contributed by atoms with Crippen LogP contribution in [0.4, 0.5) is 5.69 Å². The minimum absolute atomic E-state index is 0.0307. The predicted octanol–water partition coefficient (Wildman–Crippen LogP) is 4.55. The van der Waals surface area contributed by atoms with Crippen molar-refractivity contribution in [2.75, 3.05) is 5.32 Å². The molecular weight excluding hydrogens is 528 g/mol. The van der Waals surface area contributed by atoms with Gasteiger partial charge in [-0.3, -0.25) is 14.3 Å². The van der Waals surface area contributed by atoms with Crippen molar-refractivity contribution in [3.63, 3.8) is 0 Å². The van der Waals surface area contributed by atoms with Crippen LogP contribution in [0.1, 0.15) is 16.1 Å². The van der Waals surface area contributed by atoms with Crippen molar-refractivity contribution in [2.24, 2.45) is 7.05 Å². The molecule has 0 aliphatic carbocycles. The van der Waals surface area contributed by atoms with Crippen LogP contribution in [-0.2, 0) is 7.05 Å². The first-order chi connectivity index (χ1) is 15.5. The van der Waals surface area contributed by atoms with E-state index in [4.69, 9.17) is 58.6 Å². The number of benzene rings is 2. The van der Waals surface area contributed by atoms with Crippen LogP contribution in [0.2, 0.25) is 5.02 Å². The lowest BCUT2D eigenvalue weighted by Gasteiger charge is -2.27. The molecule has 3 N–H and O–H groups in total. The number of alkyl halides is 3.